The summed E-state index contributed by atoms with van der Waals surface area (Å²) >= 11 is 0. The standard InChI is InChI=1S/C22H25N3O4S/c1-24-14-7-10-18(13-15-24)25-22(26)20-12-6-5-11-19(20)21(23-25)29-30(27,28)16-17-8-3-2-4-9-17/h2-6,8-9,11-12,18H,7,10,13-16H2,1H3. The number of hydrogen-bond donors (Lipinski definition) is 0. The molecule has 1 saturated heterocycles. The minimum atomic E-state index is -3.94. The third-order valence-corrected chi connectivity index (χ3v) is 6.55. The van der Waals surface area contributed by atoms with E-state index in [-0.39, 0.29) is 23.2 Å². The Labute approximate surface area is 176 Å². The Kier molecular flexibility index (Phi) is 5.87. The van der Waals surface area contributed by atoms with Gasteiger partial charge in [-0.25, -0.2) is 4.68 Å². The second-order valence-electron chi connectivity index (χ2n) is 7.76. The van der Waals surface area contributed by atoms with Gasteiger partial charge in [-0.3, -0.25) is 4.79 Å². The zero-order valence-electron chi connectivity index (χ0n) is 16.9. The highest BCUT2D eigenvalue weighted by molar-refractivity contribution is 7.86. The molecule has 0 bridgehead atoms. The highest BCUT2D eigenvalue weighted by Gasteiger charge is 2.24. The van der Waals surface area contributed by atoms with Crippen molar-refractivity contribution < 1.29 is 12.6 Å². The van der Waals surface area contributed by atoms with Gasteiger partial charge in [0.1, 0.15) is 5.75 Å². The molecule has 158 valence electrons. The van der Waals surface area contributed by atoms with Gasteiger partial charge in [0.25, 0.3) is 11.4 Å². The molecule has 0 spiro atoms. The van der Waals surface area contributed by atoms with Gasteiger partial charge in [-0.1, -0.05) is 42.5 Å². The van der Waals surface area contributed by atoms with E-state index < -0.39 is 10.1 Å². The lowest BCUT2D eigenvalue weighted by atomic mass is 10.1. The predicted octanol–water partition coefficient (Wildman–Crippen LogP) is 2.96. The first-order valence-corrected chi connectivity index (χ1v) is 11.7. The highest BCUT2D eigenvalue weighted by atomic mass is 32.2. The molecule has 1 aliphatic heterocycles. The second kappa shape index (κ2) is 8.57. The Morgan fingerprint density at radius 1 is 1.00 bits per heavy atom. The number of benzene rings is 2. The topological polar surface area (TPSA) is 81.5 Å². The van der Waals surface area contributed by atoms with Gasteiger partial charge in [0.15, 0.2) is 0 Å². The van der Waals surface area contributed by atoms with Crippen LogP contribution >= 0.6 is 0 Å². The van der Waals surface area contributed by atoms with Crippen molar-refractivity contribution in [2.24, 2.45) is 0 Å². The number of fused-ring (bicyclic) bond motifs is 1. The number of nitrogens with zero attached hydrogens (tertiary/aromatic N) is 3. The SMILES string of the molecule is CN1CCCC(n2nc(OS(=O)(=O)Cc3ccccc3)c3ccccc3c2=O)CC1. The van der Waals surface area contributed by atoms with E-state index in [1.54, 1.807) is 48.5 Å². The molecular formula is C22H25N3O4S. The highest BCUT2D eigenvalue weighted by Crippen LogP contribution is 2.26. The lowest BCUT2D eigenvalue weighted by Gasteiger charge is -2.19. The number of likely N-dealkylation sites (tertiary alicyclic amines) is 1. The van der Waals surface area contributed by atoms with Gasteiger partial charge in [-0.15, -0.1) is 5.10 Å². The molecule has 1 fully saturated rings. The molecule has 0 amide bonds. The van der Waals surface area contributed by atoms with E-state index in [0.717, 1.165) is 32.4 Å². The maximum atomic E-state index is 13.1. The summed E-state index contributed by atoms with van der Waals surface area (Å²) in [5.41, 5.74) is 0.412. The van der Waals surface area contributed by atoms with E-state index >= 15 is 0 Å². The van der Waals surface area contributed by atoms with Gasteiger partial charge in [0.2, 0.25) is 0 Å². The largest absolute Gasteiger partial charge is 0.359 e. The van der Waals surface area contributed by atoms with E-state index in [4.69, 9.17) is 4.18 Å². The van der Waals surface area contributed by atoms with Crippen LogP contribution in [-0.2, 0) is 15.9 Å². The molecule has 3 aromatic rings. The fourth-order valence-electron chi connectivity index (χ4n) is 3.88. The van der Waals surface area contributed by atoms with Crippen LogP contribution in [0.1, 0.15) is 30.9 Å². The third-order valence-electron chi connectivity index (χ3n) is 5.45. The van der Waals surface area contributed by atoms with Crippen LogP contribution in [0.3, 0.4) is 0 Å². The van der Waals surface area contributed by atoms with Crippen LogP contribution in [-0.4, -0.2) is 43.2 Å². The average Bonchev–Trinajstić information content (AvgIpc) is 2.95. The Balaban J connectivity index is 1.73. The summed E-state index contributed by atoms with van der Waals surface area (Å²) in [6.45, 7) is 1.82. The molecule has 2 aromatic carbocycles. The van der Waals surface area contributed by atoms with E-state index in [2.05, 4.69) is 17.0 Å². The van der Waals surface area contributed by atoms with Crippen molar-refractivity contribution in [1.29, 1.82) is 0 Å². The molecule has 1 atom stereocenters. The number of rotatable bonds is 5. The lowest BCUT2D eigenvalue weighted by Crippen LogP contribution is -2.29. The quantitative estimate of drug-likeness (QED) is 0.583. The molecule has 1 aliphatic rings. The summed E-state index contributed by atoms with van der Waals surface area (Å²) in [7, 11) is -1.88. The van der Waals surface area contributed by atoms with Gasteiger partial charge in [0, 0.05) is 0 Å². The molecule has 1 unspecified atom stereocenters. The van der Waals surface area contributed by atoms with E-state index in [1.165, 1.54) is 4.68 Å². The summed E-state index contributed by atoms with van der Waals surface area (Å²) in [6, 6.07) is 15.6. The Hall–Kier alpha value is -2.71. The van der Waals surface area contributed by atoms with E-state index in [9.17, 15) is 13.2 Å². The number of aromatic nitrogens is 2. The molecule has 0 aliphatic carbocycles. The molecule has 0 radical (unpaired) electrons. The maximum Gasteiger partial charge on any atom is 0.314 e. The summed E-state index contributed by atoms with van der Waals surface area (Å²) < 4.78 is 32.3. The minimum absolute atomic E-state index is 0.0428. The first kappa shape index (κ1) is 20.6. The van der Waals surface area contributed by atoms with E-state index in [1.807, 2.05) is 6.07 Å². The van der Waals surface area contributed by atoms with Gasteiger partial charge in [-0.05, 0) is 57.1 Å². The summed E-state index contributed by atoms with van der Waals surface area (Å²) in [6.07, 6.45) is 2.54. The molecule has 1 aromatic heterocycles. The normalized spacial score (nSPS) is 18.2. The average molecular weight is 428 g/mol. The molecule has 4 rings (SSSR count). The molecular weight excluding hydrogens is 402 g/mol. The summed E-state index contributed by atoms with van der Waals surface area (Å²) in [5, 5.41) is 5.22. The van der Waals surface area contributed by atoms with Crippen LogP contribution in [0.5, 0.6) is 5.88 Å². The molecule has 0 saturated carbocycles. The summed E-state index contributed by atoms with van der Waals surface area (Å²) in [5.74, 6) is -0.310. The van der Waals surface area contributed by atoms with Crippen LogP contribution < -0.4 is 9.74 Å². The fourth-order valence-corrected chi connectivity index (χ4v) is 4.90. The number of hydrogen-bond acceptors (Lipinski definition) is 6. The maximum absolute atomic E-state index is 13.1. The first-order chi connectivity index (χ1) is 14.4. The lowest BCUT2D eigenvalue weighted by molar-refractivity contribution is 0.331. The van der Waals surface area contributed by atoms with Gasteiger partial charge >= 0.3 is 10.1 Å². The van der Waals surface area contributed by atoms with Gasteiger partial charge in [0.05, 0.1) is 16.8 Å². The van der Waals surface area contributed by atoms with Crippen LogP contribution in [0.2, 0.25) is 0 Å². The van der Waals surface area contributed by atoms with Crippen LogP contribution in [0.4, 0.5) is 0 Å². The van der Waals surface area contributed by atoms with Crippen molar-refractivity contribution in [3.8, 4) is 5.88 Å². The smallest absolute Gasteiger partial charge is 0.314 e. The van der Waals surface area contributed by atoms with Gasteiger partial charge < -0.3 is 9.08 Å². The molecule has 7 nitrogen and oxygen atoms in total. The monoisotopic (exact) mass is 427 g/mol. The Morgan fingerprint density at radius 2 is 1.70 bits per heavy atom. The molecule has 2 heterocycles. The third kappa shape index (κ3) is 4.55. The molecule has 0 N–H and O–H groups in total. The fraction of sp³-hybridized carbons (Fsp3) is 0.364. The van der Waals surface area contributed by atoms with Crippen LogP contribution in [0, 0.1) is 0 Å². The van der Waals surface area contributed by atoms with Gasteiger partial charge in [-0.2, -0.15) is 8.42 Å². The van der Waals surface area contributed by atoms with E-state index in [0.29, 0.717) is 16.3 Å². The Bertz CT molecular complexity index is 1190. The first-order valence-electron chi connectivity index (χ1n) is 10.1. The Morgan fingerprint density at radius 3 is 2.47 bits per heavy atom. The minimum Gasteiger partial charge on any atom is -0.359 e. The van der Waals surface area contributed by atoms with Crippen LogP contribution in [0.15, 0.2) is 59.4 Å². The van der Waals surface area contributed by atoms with Crippen molar-refractivity contribution in [2.75, 3.05) is 20.1 Å². The van der Waals surface area contributed by atoms with Crippen molar-refractivity contribution in [2.45, 2.75) is 31.1 Å². The molecule has 8 heteroatoms. The molecule has 30 heavy (non-hydrogen) atoms. The summed E-state index contributed by atoms with van der Waals surface area (Å²) in [4.78, 5) is 15.3. The van der Waals surface area contributed by atoms with Crippen LogP contribution in [0.25, 0.3) is 10.8 Å². The van der Waals surface area contributed by atoms with Crippen molar-refractivity contribution >= 4 is 20.9 Å². The van der Waals surface area contributed by atoms with Crippen molar-refractivity contribution in [1.82, 2.24) is 14.7 Å². The predicted molar refractivity (Wildman–Crippen MR) is 116 cm³/mol. The van der Waals surface area contributed by atoms with Crippen molar-refractivity contribution in [3.05, 3.63) is 70.5 Å². The zero-order valence-corrected chi connectivity index (χ0v) is 17.7. The zero-order chi connectivity index (χ0) is 21.1. The second-order valence-corrected chi connectivity index (χ2v) is 9.33. The van der Waals surface area contributed by atoms with Crippen molar-refractivity contribution in [3.63, 3.8) is 0 Å².